The van der Waals surface area contributed by atoms with Crippen LogP contribution in [0, 0.1) is 0 Å². The highest BCUT2D eigenvalue weighted by atomic mass is 16.3. The standard InChI is InChI=1S/C20H17N3O3/c1-2-11-23-15-9-5-4-8-14(15)21-20(23)22-19(25)18-12-16(24)13-7-3-6-10-17(13)26-18/h3-10,12H,2,11H2,1H3,(H,21,22,25). The number of benzene rings is 2. The molecule has 1 amide bonds. The maximum absolute atomic E-state index is 12.6. The summed E-state index contributed by atoms with van der Waals surface area (Å²) < 4.78 is 7.55. The highest BCUT2D eigenvalue weighted by molar-refractivity contribution is 6.02. The Morgan fingerprint density at radius 2 is 1.92 bits per heavy atom. The molecule has 0 radical (unpaired) electrons. The third-order valence-corrected chi connectivity index (χ3v) is 4.19. The van der Waals surface area contributed by atoms with Crippen LogP contribution in [0.5, 0.6) is 0 Å². The SMILES string of the molecule is CCCn1c(NC(=O)c2cc(=O)c3ccccc3o2)nc2ccccc21. The number of nitrogens with zero attached hydrogens (tertiary/aromatic N) is 2. The van der Waals surface area contributed by atoms with Crippen molar-refractivity contribution in [2.45, 2.75) is 19.9 Å². The molecular formula is C20H17N3O3. The Hall–Kier alpha value is -3.41. The monoisotopic (exact) mass is 347 g/mol. The van der Waals surface area contributed by atoms with Gasteiger partial charge < -0.3 is 8.98 Å². The lowest BCUT2D eigenvalue weighted by Gasteiger charge is -2.08. The number of aromatic nitrogens is 2. The Bertz CT molecular complexity index is 1170. The van der Waals surface area contributed by atoms with Gasteiger partial charge in [0.2, 0.25) is 5.95 Å². The van der Waals surface area contributed by atoms with Crippen LogP contribution in [0.3, 0.4) is 0 Å². The van der Waals surface area contributed by atoms with Crippen LogP contribution in [0.15, 0.2) is 63.8 Å². The molecule has 0 atom stereocenters. The zero-order valence-electron chi connectivity index (χ0n) is 14.2. The van der Waals surface area contributed by atoms with Gasteiger partial charge >= 0.3 is 0 Å². The number of fused-ring (bicyclic) bond motifs is 2. The molecule has 0 saturated carbocycles. The summed E-state index contributed by atoms with van der Waals surface area (Å²) in [6, 6.07) is 15.8. The minimum atomic E-state index is -0.500. The molecular weight excluding hydrogens is 330 g/mol. The van der Waals surface area contributed by atoms with Gasteiger partial charge in [0.25, 0.3) is 5.91 Å². The van der Waals surface area contributed by atoms with E-state index in [0.717, 1.165) is 24.0 Å². The molecule has 0 saturated heterocycles. The van der Waals surface area contributed by atoms with E-state index in [2.05, 4.69) is 17.2 Å². The van der Waals surface area contributed by atoms with E-state index in [1.807, 2.05) is 28.8 Å². The number of aryl methyl sites for hydroxylation is 1. The first-order valence-corrected chi connectivity index (χ1v) is 8.47. The molecule has 0 aliphatic heterocycles. The third-order valence-electron chi connectivity index (χ3n) is 4.19. The molecule has 130 valence electrons. The average Bonchev–Trinajstić information content (AvgIpc) is 2.99. The average molecular weight is 347 g/mol. The van der Waals surface area contributed by atoms with E-state index in [1.165, 1.54) is 6.07 Å². The molecule has 2 aromatic carbocycles. The molecule has 0 bridgehead atoms. The Balaban J connectivity index is 1.74. The number of imidazole rings is 1. The highest BCUT2D eigenvalue weighted by Crippen LogP contribution is 2.21. The molecule has 2 heterocycles. The first kappa shape index (κ1) is 16.1. The molecule has 6 nitrogen and oxygen atoms in total. The third kappa shape index (κ3) is 2.75. The Labute approximate surface area is 149 Å². The molecule has 0 aliphatic rings. The summed E-state index contributed by atoms with van der Waals surface area (Å²) in [4.78, 5) is 29.3. The molecule has 2 aromatic heterocycles. The quantitative estimate of drug-likeness (QED) is 0.609. The number of amides is 1. The molecule has 26 heavy (non-hydrogen) atoms. The number of carbonyl (C=O) groups excluding carboxylic acids is 1. The fourth-order valence-corrected chi connectivity index (χ4v) is 3.00. The molecule has 0 fully saturated rings. The first-order chi connectivity index (χ1) is 12.7. The molecule has 1 N–H and O–H groups in total. The Morgan fingerprint density at radius 3 is 2.77 bits per heavy atom. The summed E-state index contributed by atoms with van der Waals surface area (Å²) >= 11 is 0. The van der Waals surface area contributed by atoms with E-state index < -0.39 is 5.91 Å². The molecule has 6 heteroatoms. The molecule has 0 unspecified atom stereocenters. The van der Waals surface area contributed by atoms with E-state index in [9.17, 15) is 9.59 Å². The van der Waals surface area contributed by atoms with Crippen molar-refractivity contribution in [2.24, 2.45) is 0 Å². The second kappa shape index (κ2) is 6.48. The fourth-order valence-electron chi connectivity index (χ4n) is 3.00. The number of hydrogen-bond donors (Lipinski definition) is 1. The van der Waals surface area contributed by atoms with Crippen molar-refractivity contribution in [1.29, 1.82) is 0 Å². The topological polar surface area (TPSA) is 77.1 Å². The van der Waals surface area contributed by atoms with Gasteiger partial charge in [-0.1, -0.05) is 31.2 Å². The largest absolute Gasteiger partial charge is 0.451 e. The van der Waals surface area contributed by atoms with Gasteiger partial charge in [-0.2, -0.15) is 0 Å². The van der Waals surface area contributed by atoms with Crippen LogP contribution in [0.2, 0.25) is 0 Å². The van der Waals surface area contributed by atoms with Crippen molar-refractivity contribution in [3.05, 3.63) is 70.6 Å². The summed E-state index contributed by atoms with van der Waals surface area (Å²) in [5.74, 6) is -0.0989. The molecule has 0 aliphatic carbocycles. The normalized spacial score (nSPS) is 11.1. The Morgan fingerprint density at radius 1 is 1.15 bits per heavy atom. The number of anilines is 1. The molecule has 4 aromatic rings. The number of nitrogens with one attached hydrogen (secondary N) is 1. The number of rotatable bonds is 4. The zero-order valence-corrected chi connectivity index (χ0v) is 14.2. The predicted octanol–water partition coefficient (Wildman–Crippen LogP) is 3.81. The van der Waals surface area contributed by atoms with Gasteiger partial charge in [-0.3, -0.25) is 14.9 Å². The summed E-state index contributed by atoms with van der Waals surface area (Å²) in [7, 11) is 0. The second-order valence-electron chi connectivity index (χ2n) is 6.00. The van der Waals surface area contributed by atoms with Gasteiger partial charge in [-0.05, 0) is 30.7 Å². The van der Waals surface area contributed by atoms with Crippen molar-refractivity contribution in [3.8, 4) is 0 Å². The van der Waals surface area contributed by atoms with E-state index in [4.69, 9.17) is 4.42 Å². The van der Waals surface area contributed by atoms with Crippen LogP contribution in [0.25, 0.3) is 22.0 Å². The predicted molar refractivity (Wildman–Crippen MR) is 100 cm³/mol. The van der Waals surface area contributed by atoms with Crippen LogP contribution in [0.1, 0.15) is 23.9 Å². The van der Waals surface area contributed by atoms with Crippen LogP contribution in [0.4, 0.5) is 5.95 Å². The van der Waals surface area contributed by atoms with E-state index >= 15 is 0 Å². The van der Waals surface area contributed by atoms with E-state index in [-0.39, 0.29) is 11.2 Å². The second-order valence-corrected chi connectivity index (χ2v) is 6.00. The van der Waals surface area contributed by atoms with Crippen molar-refractivity contribution in [3.63, 3.8) is 0 Å². The lowest BCUT2D eigenvalue weighted by atomic mass is 10.2. The van der Waals surface area contributed by atoms with Crippen LogP contribution < -0.4 is 10.7 Å². The molecule has 0 spiro atoms. The Kier molecular flexibility index (Phi) is 4.01. The van der Waals surface area contributed by atoms with Crippen molar-refractivity contribution >= 4 is 33.9 Å². The van der Waals surface area contributed by atoms with Gasteiger partial charge in [0.15, 0.2) is 11.2 Å². The van der Waals surface area contributed by atoms with E-state index in [0.29, 0.717) is 16.9 Å². The minimum Gasteiger partial charge on any atom is -0.451 e. The van der Waals surface area contributed by atoms with Crippen molar-refractivity contribution in [2.75, 3.05) is 5.32 Å². The maximum atomic E-state index is 12.6. The lowest BCUT2D eigenvalue weighted by molar-refractivity contribution is 0.0996. The summed E-state index contributed by atoms with van der Waals surface area (Å²) in [6.45, 7) is 2.78. The van der Waals surface area contributed by atoms with Gasteiger partial charge in [-0.15, -0.1) is 0 Å². The minimum absolute atomic E-state index is 0.0381. The number of hydrogen-bond acceptors (Lipinski definition) is 4. The van der Waals surface area contributed by atoms with Gasteiger partial charge in [0.05, 0.1) is 16.4 Å². The van der Waals surface area contributed by atoms with Crippen molar-refractivity contribution in [1.82, 2.24) is 9.55 Å². The number of carbonyl (C=O) groups is 1. The zero-order chi connectivity index (χ0) is 18.1. The maximum Gasteiger partial charge on any atom is 0.293 e. The highest BCUT2D eigenvalue weighted by Gasteiger charge is 2.17. The van der Waals surface area contributed by atoms with Crippen LogP contribution in [-0.2, 0) is 6.54 Å². The van der Waals surface area contributed by atoms with Crippen LogP contribution in [-0.4, -0.2) is 15.5 Å². The van der Waals surface area contributed by atoms with Gasteiger partial charge in [0.1, 0.15) is 5.58 Å². The summed E-state index contributed by atoms with van der Waals surface area (Å²) in [6.07, 6.45) is 0.897. The summed E-state index contributed by atoms with van der Waals surface area (Å²) in [5.41, 5.74) is 1.88. The van der Waals surface area contributed by atoms with Gasteiger partial charge in [-0.25, -0.2) is 4.98 Å². The smallest absolute Gasteiger partial charge is 0.293 e. The van der Waals surface area contributed by atoms with E-state index in [1.54, 1.807) is 24.3 Å². The summed E-state index contributed by atoms with van der Waals surface area (Å²) in [5, 5.41) is 3.22. The lowest BCUT2D eigenvalue weighted by Crippen LogP contribution is -2.18. The first-order valence-electron chi connectivity index (χ1n) is 8.47. The molecule has 4 rings (SSSR count). The fraction of sp³-hybridized carbons (Fsp3) is 0.150. The number of para-hydroxylation sites is 3. The van der Waals surface area contributed by atoms with Gasteiger partial charge in [0, 0.05) is 12.6 Å². The van der Waals surface area contributed by atoms with Crippen molar-refractivity contribution < 1.29 is 9.21 Å². The van der Waals surface area contributed by atoms with Crippen LogP contribution >= 0.6 is 0 Å².